The fourth-order valence-corrected chi connectivity index (χ4v) is 4.25. The van der Waals surface area contributed by atoms with Crippen molar-refractivity contribution in [1.29, 1.82) is 0 Å². The van der Waals surface area contributed by atoms with Crippen LogP contribution in [-0.2, 0) is 4.52 Å². The van der Waals surface area contributed by atoms with E-state index in [0.29, 0.717) is 0 Å². The van der Waals surface area contributed by atoms with E-state index < -0.39 is 8.15 Å². The minimum atomic E-state index is -0.720. The van der Waals surface area contributed by atoms with Gasteiger partial charge in [0.05, 0.1) is 14.8 Å². The number of hydrogen-bond donors (Lipinski definition) is 0. The van der Waals surface area contributed by atoms with Crippen LogP contribution in [0, 0.1) is 27.7 Å². The molecule has 0 fully saturated rings. The number of benzene rings is 2. The van der Waals surface area contributed by atoms with Crippen LogP contribution in [0.5, 0.6) is 0 Å². The highest BCUT2D eigenvalue weighted by Gasteiger charge is 2.16. The Kier molecular flexibility index (Phi) is 6.17. The van der Waals surface area contributed by atoms with Crippen molar-refractivity contribution in [3.05, 3.63) is 58.7 Å². The first-order valence-electron chi connectivity index (χ1n) is 8.10. The van der Waals surface area contributed by atoms with E-state index in [2.05, 4.69) is 71.0 Å². The molecule has 0 heterocycles. The summed E-state index contributed by atoms with van der Waals surface area (Å²) in [6.07, 6.45) is 2.29. The van der Waals surface area contributed by atoms with Gasteiger partial charge in [-0.3, -0.25) is 0 Å². The minimum absolute atomic E-state index is 0.720. The Morgan fingerprint density at radius 3 is 1.68 bits per heavy atom. The van der Waals surface area contributed by atoms with Crippen molar-refractivity contribution in [3.8, 4) is 0 Å². The highest BCUT2D eigenvalue weighted by atomic mass is 31.1. The Balaban J connectivity index is 2.36. The monoisotopic (exact) mass is 314 g/mol. The summed E-state index contributed by atoms with van der Waals surface area (Å²) < 4.78 is 6.31. The van der Waals surface area contributed by atoms with Crippen LogP contribution < -0.4 is 10.6 Å². The maximum absolute atomic E-state index is 6.31. The molecule has 0 bridgehead atoms. The first-order valence-corrected chi connectivity index (χ1v) is 9.36. The summed E-state index contributed by atoms with van der Waals surface area (Å²) in [5, 5.41) is 2.63. The average molecular weight is 314 g/mol. The predicted octanol–water partition coefficient (Wildman–Crippen LogP) is 5.08. The van der Waals surface area contributed by atoms with Gasteiger partial charge >= 0.3 is 0 Å². The quantitative estimate of drug-likeness (QED) is 0.533. The van der Waals surface area contributed by atoms with Crippen molar-refractivity contribution in [3.63, 3.8) is 0 Å². The van der Waals surface area contributed by atoms with Gasteiger partial charge in [0.15, 0.2) is 0 Å². The van der Waals surface area contributed by atoms with Gasteiger partial charge < -0.3 is 4.52 Å². The summed E-state index contributed by atoms with van der Waals surface area (Å²) in [7, 11) is -0.720. The normalized spacial score (nSPS) is 11.2. The lowest BCUT2D eigenvalue weighted by Gasteiger charge is -2.20. The molecule has 0 spiro atoms. The second kappa shape index (κ2) is 7.90. The van der Waals surface area contributed by atoms with Gasteiger partial charge in [-0.1, -0.05) is 37.6 Å². The van der Waals surface area contributed by atoms with E-state index >= 15 is 0 Å². The van der Waals surface area contributed by atoms with Gasteiger partial charge in [-0.15, -0.1) is 0 Å². The number of hydrogen-bond acceptors (Lipinski definition) is 1. The van der Waals surface area contributed by atoms with Gasteiger partial charge in [0.1, 0.15) is 0 Å². The lowest BCUT2D eigenvalue weighted by Crippen LogP contribution is -2.15. The third-order valence-corrected chi connectivity index (χ3v) is 6.10. The molecule has 0 aromatic heterocycles. The van der Waals surface area contributed by atoms with E-state index in [9.17, 15) is 0 Å². The smallest absolute Gasteiger partial charge is 0.0917 e. The lowest BCUT2D eigenvalue weighted by molar-refractivity contribution is 0.350. The van der Waals surface area contributed by atoms with E-state index in [1.807, 2.05) is 0 Å². The van der Waals surface area contributed by atoms with Crippen molar-refractivity contribution in [1.82, 2.24) is 0 Å². The second-order valence-electron chi connectivity index (χ2n) is 6.02. The van der Waals surface area contributed by atoms with Crippen LogP contribution in [0.4, 0.5) is 0 Å². The molecule has 118 valence electrons. The second-order valence-corrected chi connectivity index (χ2v) is 7.90. The largest absolute Gasteiger partial charge is 0.350 e. The molecule has 2 heteroatoms. The van der Waals surface area contributed by atoms with Crippen molar-refractivity contribution in [2.24, 2.45) is 0 Å². The zero-order valence-corrected chi connectivity index (χ0v) is 15.3. The van der Waals surface area contributed by atoms with Gasteiger partial charge in [0.2, 0.25) is 0 Å². The van der Waals surface area contributed by atoms with Gasteiger partial charge in [-0.2, -0.15) is 0 Å². The van der Waals surface area contributed by atoms with Crippen LogP contribution in [0.2, 0.25) is 0 Å². The predicted molar refractivity (Wildman–Crippen MR) is 98.9 cm³/mol. The highest BCUT2D eigenvalue weighted by Crippen LogP contribution is 2.36. The first-order chi connectivity index (χ1) is 10.5. The highest BCUT2D eigenvalue weighted by molar-refractivity contribution is 7.68. The fourth-order valence-electron chi connectivity index (χ4n) is 2.30. The maximum atomic E-state index is 6.31. The van der Waals surface area contributed by atoms with E-state index in [1.165, 1.54) is 39.3 Å². The zero-order valence-electron chi connectivity index (χ0n) is 14.4. The number of unbranched alkanes of at least 4 members (excludes halogenated alkanes) is 1. The summed E-state index contributed by atoms with van der Waals surface area (Å²) in [5.74, 6) is 0. The molecule has 0 aliphatic heterocycles. The SMILES string of the molecule is CCCCOP(c1ccc(C)c(C)c1)c1ccc(C)c(C)c1. The summed E-state index contributed by atoms with van der Waals surface area (Å²) in [6, 6.07) is 13.5. The molecule has 2 aromatic rings. The minimum Gasteiger partial charge on any atom is -0.350 e. The van der Waals surface area contributed by atoms with E-state index in [4.69, 9.17) is 4.52 Å². The standard InChI is InChI=1S/C20H27OP/c1-6-7-12-21-22(19-10-8-15(2)17(4)13-19)20-11-9-16(3)18(5)14-20/h8-11,13-14H,6-7,12H2,1-5H3. The van der Waals surface area contributed by atoms with Gasteiger partial charge in [0.25, 0.3) is 0 Å². The lowest BCUT2D eigenvalue weighted by atomic mass is 10.1. The molecule has 0 saturated heterocycles. The summed E-state index contributed by atoms with van der Waals surface area (Å²) >= 11 is 0. The Hall–Kier alpha value is -1.17. The van der Waals surface area contributed by atoms with Crippen molar-refractivity contribution < 1.29 is 4.52 Å². The molecule has 0 amide bonds. The van der Waals surface area contributed by atoms with Gasteiger partial charge in [0, 0.05) is 10.6 Å². The summed E-state index contributed by atoms with van der Waals surface area (Å²) in [4.78, 5) is 0. The molecule has 2 aromatic carbocycles. The molecule has 22 heavy (non-hydrogen) atoms. The number of aryl methyl sites for hydroxylation is 4. The Bertz CT molecular complexity index is 582. The summed E-state index contributed by atoms with van der Waals surface area (Å²) in [5.41, 5.74) is 5.36. The molecule has 0 unspecified atom stereocenters. The molecule has 0 atom stereocenters. The van der Waals surface area contributed by atoms with E-state index in [1.54, 1.807) is 0 Å². The van der Waals surface area contributed by atoms with Crippen LogP contribution in [-0.4, -0.2) is 6.61 Å². The molecule has 0 radical (unpaired) electrons. The summed E-state index contributed by atoms with van der Waals surface area (Å²) in [6.45, 7) is 11.7. The molecule has 1 nitrogen and oxygen atoms in total. The molecule has 0 saturated carbocycles. The topological polar surface area (TPSA) is 9.23 Å². The number of rotatable bonds is 6. The average Bonchev–Trinajstić information content (AvgIpc) is 2.50. The van der Waals surface area contributed by atoms with Crippen LogP contribution in [0.3, 0.4) is 0 Å². The van der Waals surface area contributed by atoms with Crippen LogP contribution in [0.15, 0.2) is 36.4 Å². The molecular formula is C20H27OP. The van der Waals surface area contributed by atoms with Crippen LogP contribution in [0.1, 0.15) is 42.0 Å². The van der Waals surface area contributed by atoms with Gasteiger partial charge in [-0.25, -0.2) is 0 Å². The molecule has 0 aliphatic rings. The van der Waals surface area contributed by atoms with Crippen LogP contribution in [0.25, 0.3) is 0 Å². The van der Waals surface area contributed by atoms with Crippen LogP contribution >= 0.6 is 8.15 Å². The molecule has 0 N–H and O–H groups in total. The van der Waals surface area contributed by atoms with Crippen molar-refractivity contribution >= 4 is 18.8 Å². The maximum Gasteiger partial charge on any atom is 0.0917 e. The molecular weight excluding hydrogens is 287 g/mol. The molecule has 2 rings (SSSR count). The Labute approximate surface area is 136 Å². The molecule has 0 aliphatic carbocycles. The van der Waals surface area contributed by atoms with E-state index in [-0.39, 0.29) is 0 Å². The van der Waals surface area contributed by atoms with Gasteiger partial charge in [-0.05, 0) is 68.5 Å². The zero-order chi connectivity index (χ0) is 16.1. The van der Waals surface area contributed by atoms with Crippen molar-refractivity contribution in [2.75, 3.05) is 6.61 Å². The fraction of sp³-hybridized carbons (Fsp3) is 0.400. The first kappa shape index (κ1) is 17.2. The van der Waals surface area contributed by atoms with Crippen molar-refractivity contribution in [2.45, 2.75) is 47.5 Å². The Morgan fingerprint density at radius 1 is 0.773 bits per heavy atom. The van der Waals surface area contributed by atoms with E-state index in [0.717, 1.165) is 13.0 Å². The third kappa shape index (κ3) is 4.18. The third-order valence-electron chi connectivity index (χ3n) is 4.17. The Morgan fingerprint density at radius 2 is 1.27 bits per heavy atom.